The fourth-order valence-electron chi connectivity index (χ4n) is 3.27. The highest BCUT2D eigenvalue weighted by atomic mass is 19.1. The van der Waals surface area contributed by atoms with E-state index in [1.807, 2.05) is 50.7 Å². The number of nitrogens with one attached hydrogen (secondary N) is 1. The topological polar surface area (TPSA) is 85.1 Å². The third-order valence-electron chi connectivity index (χ3n) is 5.33. The van der Waals surface area contributed by atoms with Gasteiger partial charge < -0.3 is 15.2 Å². The van der Waals surface area contributed by atoms with Crippen molar-refractivity contribution in [3.05, 3.63) is 71.9 Å². The molecule has 0 spiro atoms. The highest BCUT2D eigenvalue weighted by Crippen LogP contribution is 2.28. The van der Waals surface area contributed by atoms with E-state index in [4.69, 9.17) is 9.84 Å². The second-order valence-corrected chi connectivity index (χ2v) is 8.16. The van der Waals surface area contributed by atoms with Crippen molar-refractivity contribution >= 4 is 16.7 Å². The van der Waals surface area contributed by atoms with Gasteiger partial charge in [0.15, 0.2) is 0 Å². The smallest absolute Gasteiger partial charge is 0.222 e. The van der Waals surface area contributed by atoms with Crippen LogP contribution in [0.5, 0.6) is 11.6 Å². The molecule has 0 aliphatic carbocycles. The number of aliphatic hydroxyl groups is 1. The molecule has 0 radical (unpaired) electrons. The summed E-state index contributed by atoms with van der Waals surface area (Å²) in [7, 11) is 0. The van der Waals surface area contributed by atoms with Crippen molar-refractivity contribution in [2.75, 3.05) is 5.32 Å². The van der Waals surface area contributed by atoms with Crippen molar-refractivity contribution in [2.45, 2.75) is 40.0 Å². The molecule has 166 valence electrons. The molecule has 3 aromatic heterocycles. The lowest BCUT2D eigenvalue weighted by Crippen LogP contribution is -2.25. The van der Waals surface area contributed by atoms with Crippen LogP contribution in [0.3, 0.4) is 0 Å². The number of nitrogens with zero attached hydrogens (tertiary/aromatic N) is 4. The third-order valence-corrected chi connectivity index (χ3v) is 5.33. The summed E-state index contributed by atoms with van der Waals surface area (Å²) in [6.07, 6.45) is 4.64. The fourth-order valence-corrected chi connectivity index (χ4v) is 3.27. The van der Waals surface area contributed by atoms with Crippen molar-refractivity contribution in [1.29, 1.82) is 0 Å². The van der Waals surface area contributed by atoms with Crippen LogP contribution in [0.4, 0.5) is 10.2 Å². The summed E-state index contributed by atoms with van der Waals surface area (Å²) in [5.74, 6) is 1.32. The van der Waals surface area contributed by atoms with Gasteiger partial charge in [0.25, 0.3) is 0 Å². The SMILES string of the molecule is Cc1cc(C(C)n2cc3c(NC(O)C(C)C)nccc3n2)cnc1Oc1ccc(F)cc1. The van der Waals surface area contributed by atoms with Gasteiger partial charge in [-0.2, -0.15) is 5.10 Å². The predicted molar refractivity (Wildman–Crippen MR) is 121 cm³/mol. The van der Waals surface area contributed by atoms with E-state index in [1.54, 1.807) is 24.5 Å². The number of hydrogen-bond acceptors (Lipinski definition) is 6. The van der Waals surface area contributed by atoms with Gasteiger partial charge in [-0.1, -0.05) is 13.8 Å². The van der Waals surface area contributed by atoms with E-state index < -0.39 is 6.23 Å². The monoisotopic (exact) mass is 435 g/mol. The minimum absolute atomic E-state index is 0.0470. The highest BCUT2D eigenvalue weighted by molar-refractivity contribution is 5.88. The number of anilines is 1. The fraction of sp³-hybridized carbons (Fsp3) is 0.292. The molecule has 7 nitrogen and oxygen atoms in total. The van der Waals surface area contributed by atoms with E-state index in [0.717, 1.165) is 22.0 Å². The first-order valence-electron chi connectivity index (χ1n) is 10.5. The van der Waals surface area contributed by atoms with E-state index in [0.29, 0.717) is 17.4 Å². The second-order valence-electron chi connectivity index (χ2n) is 8.16. The maximum atomic E-state index is 13.1. The van der Waals surface area contributed by atoms with Gasteiger partial charge in [0.2, 0.25) is 5.88 Å². The average molecular weight is 436 g/mol. The Balaban J connectivity index is 1.58. The first-order chi connectivity index (χ1) is 15.3. The molecule has 4 rings (SSSR count). The molecule has 0 amide bonds. The van der Waals surface area contributed by atoms with Crippen molar-refractivity contribution in [3.8, 4) is 11.6 Å². The van der Waals surface area contributed by atoms with E-state index >= 15 is 0 Å². The van der Waals surface area contributed by atoms with E-state index in [1.165, 1.54) is 12.1 Å². The standard InChI is InChI=1S/C24H26FN5O2/c1-14(2)23(31)28-22-20-13-30(29-21(20)9-10-26-22)16(4)17-11-15(3)24(27-12-17)32-19-7-5-18(25)6-8-19/h5-14,16,23,31H,1-4H3,(H,26,28). The molecule has 3 heterocycles. The summed E-state index contributed by atoms with van der Waals surface area (Å²) in [5.41, 5.74) is 2.61. The van der Waals surface area contributed by atoms with Gasteiger partial charge in [0.1, 0.15) is 23.6 Å². The Morgan fingerprint density at radius 3 is 2.53 bits per heavy atom. The zero-order valence-corrected chi connectivity index (χ0v) is 18.5. The lowest BCUT2D eigenvalue weighted by Gasteiger charge is -2.17. The van der Waals surface area contributed by atoms with Crippen LogP contribution in [0.15, 0.2) is 55.0 Å². The first-order valence-corrected chi connectivity index (χ1v) is 10.5. The molecule has 0 bridgehead atoms. The average Bonchev–Trinajstić information content (AvgIpc) is 3.21. The van der Waals surface area contributed by atoms with Crippen molar-refractivity contribution in [2.24, 2.45) is 5.92 Å². The second kappa shape index (κ2) is 8.92. The molecule has 0 saturated carbocycles. The molecule has 0 fully saturated rings. The minimum atomic E-state index is -0.700. The molecule has 0 aliphatic rings. The maximum Gasteiger partial charge on any atom is 0.222 e. The molecular weight excluding hydrogens is 409 g/mol. The first kappa shape index (κ1) is 21.7. The molecule has 0 saturated heterocycles. The summed E-state index contributed by atoms with van der Waals surface area (Å²) in [6.45, 7) is 7.82. The van der Waals surface area contributed by atoms with Gasteiger partial charge in [-0.25, -0.2) is 14.4 Å². The molecule has 1 aromatic carbocycles. The van der Waals surface area contributed by atoms with Crippen LogP contribution in [0.2, 0.25) is 0 Å². The van der Waals surface area contributed by atoms with E-state index in [2.05, 4.69) is 15.3 Å². The van der Waals surface area contributed by atoms with Crippen LogP contribution in [0.25, 0.3) is 10.9 Å². The Bertz CT molecular complexity index is 1220. The van der Waals surface area contributed by atoms with Crippen molar-refractivity contribution in [3.63, 3.8) is 0 Å². The van der Waals surface area contributed by atoms with Gasteiger partial charge in [-0.05, 0) is 61.7 Å². The summed E-state index contributed by atoms with van der Waals surface area (Å²) >= 11 is 0. The molecule has 4 aromatic rings. The maximum absolute atomic E-state index is 13.1. The van der Waals surface area contributed by atoms with Gasteiger partial charge in [0, 0.05) is 24.2 Å². The zero-order valence-electron chi connectivity index (χ0n) is 18.5. The molecule has 2 N–H and O–H groups in total. The lowest BCUT2D eigenvalue weighted by atomic mass is 10.1. The Morgan fingerprint density at radius 2 is 1.84 bits per heavy atom. The number of pyridine rings is 2. The normalized spacial score (nSPS) is 13.3. The molecule has 32 heavy (non-hydrogen) atoms. The molecule has 2 atom stereocenters. The molecule has 8 heteroatoms. The lowest BCUT2D eigenvalue weighted by molar-refractivity contribution is 0.153. The number of halogens is 1. The van der Waals surface area contributed by atoms with Crippen LogP contribution in [0, 0.1) is 18.7 Å². The number of fused-ring (bicyclic) bond motifs is 1. The highest BCUT2D eigenvalue weighted by Gasteiger charge is 2.17. The number of rotatable bonds is 7. The quantitative estimate of drug-likeness (QED) is 0.395. The van der Waals surface area contributed by atoms with Crippen LogP contribution in [0.1, 0.15) is 37.9 Å². The van der Waals surface area contributed by atoms with Crippen LogP contribution < -0.4 is 10.1 Å². The summed E-state index contributed by atoms with van der Waals surface area (Å²) in [6, 6.07) is 9.59. The van der Waals surface area contributed by atoms with Crippen molar-refractivity contribution < 1.29 is 14.2 Å². The number of aromatic nitrogens is 4. The van der Waals surface area contributed by atoms with Crippen LogP contribution >= 0.6 is 0 Å². The Labute approximate surface area is 185 Å². The van der Waals surface area contributed by atoms with Gasteiger partial charge in [-0.3, -0.25) is 4.68 Å². The molecule has 2 unspecified atom stereocenters. The van der Waals surface area contributed by atoms with E-state index in [9.17, 15) is 9.50 Å². The third kappa shape index (κ3) is 4.55. The Morgan fingerprint density at radius 1 is 1.09 bits per heavy atom. The van der Waals surface area contributed by atoms with Crippen molar-refractivity contribution in [1.82, 2.24) is 19.7 Å². The summed E-state index contributed by atoms with van der Waals surface area (Å²) in [5, 5.41) is 18.8. The van der Waals surface area contributed by atoms with Crippen LogP contribution in [-0.2, 0) is 0 Å². The van der Waals surface area contributed by atoms with Gasteiger partial charge in [0.05, 0.1) is 16.9 Å². The number of aryl methyl sites for hydroxylation is 1. The number of ether oxygens (including phenoxy) is 1. The zero-order chi connectivity index (χ0) is 22.8. The molecular formula is C24H26FN5O2. The largest absolute Gasteiger partial charge is 0.439 e. The number of hydrogen-bond donors (Lipinski definition) is 2. The van der Waals surface area contributed by atoms with Crippen LogP contribution in [-0.4, -0.2) is 31.1 Å². The molecule has 0 aliphatic heterocycles. The van der Waals surface area contributed by atoms with E-state index in [-0.39, 0.29) is 17.8 Å². The number of benzene rings is 1. The Kier molecular flexibility index (Phi) is 6.05. The summed E-state index contributed by atoms with van der Waals surface area (Å²) < 4.78 is 20.7. The predicted octanol–water partition coefficient (Wildman–Crippen LogP) is 5.06. The minimum Gasteiger partial charge on any atom is -0.439 e. The number of aliphatic hydroxyl groups excluding tert-OH is 1. The Hall–Kier alpha value is -3.52. The summed E-state index contributed by atoms with van der Waals surface area (Å²) in [4.78, 5) is 8.83. The van der Waals surface area contributed by atoms with Gasteiger partial charge >= 0.3 is 0 Å². The van der Waals surface area contributed by atoms with Gasteiger partial charge in [-0.15, -0.1) is 0 Å².